The maximum absolute atomic E-state index is 6.22. The van der Waals surface area contributed by atoms with Crippen LogP contribution in [0.25, 0.3) is 0 Å². The van der Waals surface area contributed by atoms with Crippen molar-refractivity contribution in [1.82, 2.24) is 5.32 Å². The van der Waals surface area contributed by atoms with Gasteiger partial charge in [-0.15, -0.1) is 0 Å². The van der Waals surface area contributed by atoms with Gasteiger partial charge in [-0.1, -0.05) is 36.4 Å². The number of benzene rings is 2. The Morgan fingerprint density at radius 3 is 2.45 bits per heavy atom. The lowest BCUT2D eigenvalue weighted by atomic mass is 10.1. The SMILES string of the molecule is Cc1c(O[C@@H](C)c2ccccc2)cccc1N1CCNCC1. The number of nitrogens with zero attached hydrogens (tertiary/aromatic N) is 1. The Morgan fingerprint density at radius 2 is 1.73 bits per heavy atom. The zero-order valence-electron chi connectivity index (χ0n) is 13.4. The van der Waals surface area contributed by atoms with E-state index in [4.69, 9.17) is 4.74 Å². The normalized spacial score (nSPS) is 16.4. The van der Waals surface area contributed by atoms with Gasteiger partial charge in [-0.3, -0.25) is 0 Å². The second kappa shape index (κ2) is 6.84. The molecule has 0 unspecified atom stereocenters. The van der Waals surface area contributed by atoms with E-state index in [2.05, 4.69) is 66.5 Å². The van der Waals surface area contributed by atoms with Gasteiger partial charge < -0.3 is 15.0 Å². The van der Waals surface area contributed by atoms with Crippen LogP contribution in [0, 0.1) is 6.92 Å². The van der Waals surface area contributed by atoms with Crippen LogP contribution in [-0.2, 0) is 0 Å². The van der Waals surface area contributed by atoms with Crippen LogP contribution in [0.3, 0.4) is 0 Å². The van der Waals surface area contributed by atoms with Crippen molar-refractivity contribution in [1.29, 1.82) is 0 Å². The molecule has 116 valence electrons. The molecule has 1 aliphatic rings. The van der Waals surface area contributed by atoms with Gasteiger partial charge in [-0.2, -0.15) is 0 Å². The van der Waals surface area contributed by atoms with E-state index in [-0.39, 0.29) is 6.10 Å². The van der Waals surface area contributed by atoms with Gasteiger partial charge in [-0.05, 0) is 31.5 Å². The van der Waals surface area contributed by atoms with E-state index in [9.17, 15) is 0 Å². The van der Waals surface area contributed by atoms with Gasteiger partial charge in [0.15, 0.2) is 0 Å². The van der Waals surface area contributed by atoms with Crippen molar-refractivity contribution in [3.05, 3.63) is 59.7 Å². The first-order chi connectivity index (χ1) is 10.8. The van der Waals surface area contributed by atoms with E-state index >= 15 is 0 Å². The lowest BCUT2D eigenvalue weighted by Crippen LogP contribution is -2.43. The third kappa shape index (κ3) is 3.25. The fourth-order valence-electron chi connectivity index (χ4n) is 2.96. The van der Waals surface area contributed by atoms with Crippen LogP contribution in [0.2, 0.25) is 0 Å². The summed E-state index contributed by atoms with van der Waals surface area (Å²) in [6, 6.07) is 16.7. The molecule has 3 rings (SSSR count). The molecule has 2 aromatic rings. The molecule has 22 heavy (non-hydrogen) atoms. The third-order valence-corrected chi connectivity index (χ3v) is 4.29. The highest BCUT2D eigenvalue weighted by Crippen LogP contribution is 2.31. The summed E-state index contributed by atoms with van der Waals surface area (Å²) in [5, 5.41) is 3.40. The number of piperazine rings is 1. The number of rotatable bonds is 4. The van der Waals surface area contributed by atoms with E-state index in [0.29, 0.717) is 0 Å². The Hall–Kier alpha value is -2.00. The van der Waals surface area contributed by atoms with Crippen molar-refractivity contribution in [3.63, 3.8) is 0 Å². The minimum Gasteiger partial charge on any atom is -0.486 e. The number of hydrogen-bond acceptors (Lipinski definition) is 3. The zero-order valence-corrected chi connectivity index (χ0v) is 13.4. The average Bonchev–Trinajstić information content (AvgIpc) is 2.58. The summed E-state index contributed by atoms with van der Waals surface area (Å²) in [6.45, 7) is 8.46. The second-order valence-electron chi connectivity index (χ2n) is 5.81. The van der Waals surface area contributed by atoms with Crippen molar-refractivity contribution < 1.29 is 4.74 Å². The minimum absolute atomic E-state index is 0.0539. The first-order valence-corrected chi connectivity index (χ1v) is 8.02. The summed E-state index contributed by atoms with van der Waals surface area (Å²) in [7, 11) is 0. The predicted octanol–water partition coefficient (Wildman–Crippen LogP) is 3.54. The van der Waals surface area contributed by atoms with Gasteiger partial charge in [-0.25, -0.2) is 0 Å². The third-order valence-electron chi connectivity index (χ3n) is 4.29. The summed E-state index contributed by atoms with van der Waals surface area (Å²) in [4.78, 5) is 2.44. The van der Waals surface area contributed by atoms with E-state index in [1.165, 1.54) is 16.8 Å². The van der Waals surface area contributed by atoms with Crippen LogP contribution in [0.5, 0.6) is 5.75 Å². The molecule has 0 saturated carbocycles. The van der Waals surface area contributed by atoms with Crippen LogP contribution in [-0.4, -0.2) is 26.2 Å². The molecular formula is C19H24N2O. The highest BCUT2D eigenvalue weighted by Gasteiger charge is 2.16. The Kier molecular flexibility index (Phi) is 4.64. The van der Waals surface area contributed by atoms with E-state index in [1.807, 2.05) is 6.07 Å². The molecule has 1 N–H and O–H groups in total. The number of anilines is 1. The van der Waals surface area contributed by atoms with Crippen molar-refractivity contribution in [3.8, 4) is 5.75 Å². The molecule has 0 radical (unpaired) electrons. The molecular weight excluding hydrogens is 272 g/mol. The largest absolute Gasteiger partial charge is 0.486 e. The molecule has 1 atom stereocenters. The Balaban J connectivity index is 1.79. The van der Waals surface area contributed by atoms with Crippen molar-refractivity contribution in [2.75, 3.05) is 31.1 Å². The van der Waals surface area contributed by atoms with Crippen molar-refractivity contribution >= 4 is 5.69 Å². The maximum atomic E-state index is 6.22. The summed E-state index contributed by atoms with van der Waals surface area (Å²) < 4.78 is 6.22. The van der Waals surface area contributed by atoms with Crippen LogP contribution in [0.1, 0.15) is 24.2 Å². The minimum atomic E-state index is 0.0539. The molecule has 0 spiro atoms. The molecule has 1 heterocycles. The highest BCUT2D eigenvalue weighted by molar-refractivity contribution is 5.59. The number of ether oxygens (including phenoxy) is 1. The van der Waals surface area contributed by atoms with Crippen LogP contribution >= 0.6 is 0 Å². The van der Waals surface area contributed by atoms with Crippen LogP contribution < -0.4 is 15.0 Å². The standard InChI is InChI=1S/C19H24N2O/c1-15-18(21-13-11-20-12-14-21)9-6-10-19(15)22-16(2)17-7-4-3-5-8-17/h3-10,16,20H,11-14H2,1-2H3/t16-/m0/s1. The van der Waals surface area contributed by atoms with Crippen LogP contribution in [0.15, 0.2) is 48.5 Å². The van der Waals surface area contributed by atoms with Gasteiger partial charge >= 0.3 is 0 Å². The molecule has 0 bridgehead atoms. The predicted molar refractivity (Wildman–Crippen MR) is 91.7 cm³/mol. The lowest BCUT2D eigenvalue weighted by molar-refractivity contribution is 0.225. The summed E-state index contributed by atoms with van der Waals surface area (Å²) >= 11 is 0. The molecule has 1 aliphatic heterocycles. The molecule has 1 fully saturated rings. The number of hydrogen-bond donors (Lipinski definition) is 1. The topological polar surface area (TPSA) is 24.5 Å². The second-order valence-corrected chi connectivity index (χ2v) is 5.81. The molecule has 1 saturated heterocycles. The van der Waals surface area contributed by atoms with Crippen molar-refractivity contribution in [2.24, 2.45) is 0 Å². The summed E-state index contributed by atoms with van der Waals surface area (Å²) in [5.74, 6) is 0.979. The maximum Gasteiger partial charge on any atom is 0.125 e. The van der Waals surface area contributed by atoms with Crippen LogP contribution in [0.4, 0.5) is 5.69 Å². The first-order valence-electron chi connectivity index (χ1n) is 8.02. The highest BCUT2D eigenvalue weighted by atomic mass is 16.5. The molecule has 3 heteroatoms. The molecule has 0 aliphatic carbocycles. The van der Waals surface area contributed by atoms with E-state index in [0.717, 1.165) is 31.9 Å². The van der Waals surface area contributed by atoms with Gasteiger partial charge in [0.2, 0.25) is 0 Å². The fraction of sp³-hybridized carbons (Fsp3) is 0.368. The van der Waals surface area contributed by atoms with Gasteiger partial charge in [0, 0.05) is 37.4 Å². The fourth-order valence-corrected chi connectivity index (χ4v) is 2.96. The summed E-state index contributed by atoms with van der Waals surface area (Å²) in [5.41, 5.74) is 3.72. The molecule has 0 amide bonds. The average molecular weight is 296 g/mol. The quantitative estimate of drug-likeness (QED) is 0.934. The lowest BCUT2D eigenvalue weighted by Gasteiger charge is -2.31. The Bertz CT molecular complexity index is 606. The Morgan fingerprint density at radius 1 is 1.00 bits per heavy atom. The smallest absolute Gasteiger partial charge is 0.125 e. The van der Waals surface area contributed by atoms with E-state index < -0.39 is 0 Å². The van der Waals surface area contributed by atoms with Crippen molar-refractivity contribution in [2.45, 2.75) is 20.0 Å². The molecule has 2 aromatic carbocycles. The summed E-state index contributed by atoms with van der Waals surface area (Å²) in [6.07, 6.45) is 0.0539. The molecule has 0 aromatic heterocycles. The van der Waals surface area contributed by atoms with Gasteiger partial charge in [0.25, 0.3) is 0 Å². The molecule has 3 nitrogen and oxygen atoms in total. The number of nitrogens with one attached hydrogen (secondary N) is 1. The zero-order chi connectivity index (χ0) is 15.4. The Labute approximate surface area is 132 Å². The monoisotopic (exact) mass is 296 g/mol. The van der Waals surface area contributed by atoms with Gasteiger partial charge in [0.1, 0.15) is 11.9 Å². The first kappa shape index (κ1) is 14.9. The van der Waals surface area contributed by atoms with Gasteiger partial charge in [0.05, 0.1) is 0 Å². The van der Waals surface area contributed by atoms with E-state index in [1.54, 1.807) is 0 Å².